The number of fused-ring (bicyclic) bond motifs is 14. The normalized spacial score (nSPS) is 13.0. The minimum atomic E-state index is -0.149. The standard InChI is InChI=1S/C59H40N4O/c1-59(2)50-22-11-10-21-47(50)56-51(59)23-14-26-55(56)61(41-32-33-46-44-19-7-6-17-42(44)43-18-8-9-20-45(43)48(46)36-41)40-30-27-37(28-31-40)38-29-34-53-49(35-38)57-60-52-24-12-13-25-54(52)63(57)58(64)62(53)39-15-4-3-5-16-39/h3-36H,1-2H3. The van der Waals surface area contributed by atoms with Crippen LogP contribution in [0.15, 0.2) is 211 Å². The average molecular weight is 821 g/mol. The molecule has 5 heteroatoms. The van der Waals surface area contributed by atoms with E-state index in [0.29, 0.717) is 5.65 Å². The molecule has 0 saturated heterocycles. The Morgan fingerprint density at radius 2 is 1.08 bits per heavy atom. The molecule has 0 aliphatic heterocycles. The molecule has 0 fully saturated rings. The summed E-state index contributed by atoms with van der Waals surface area (Å²) >= 11 is 0. The van der Waals surface area contributed by atoms with Crippen molar-refractivity contribution in [1.82, 2.24) is 14.0 Å². The molecule has 1 aliphatic rings. The lowest BCUT2D eigenvalue weighted by atomic mass is 9.82. The maximum atomic E-state index is 14.4. The van der Waals surface area contributed by atoms with Gasteiger partial charge in [0.05, 0.1) is 27.9 Å². The van der Waals surface area contributed by atoms with E-state index >= 15 is 0 Å². The van der Waals surface area contributed by atoms with Gasteiger partial charge in [-0.25, -0.2) is 14.2 Å². The van der Waals surface area contributed by atoms with Crippen molar-refractivity contribution in [2.75, 3.05) is 4.90 Å². The van der Waals surface area contributed by atoms with Crippen molar-refractivity contribution in [2.45, 2.75) is 19.3 Å². The van der Waals surface area contributed by atoms with Gasteiger partial charge in [-0.3, -0.25) is 4.57 Å². The maximum absolute atomic E-state index is 14.4. The Labute approximate surface area is 369 Å². The summed E-state index contributed by atoms with van der Waals surface area (Å²) in [5, 5.41) is 8.39. The van der Waals surface area contributed by atoms with Crippen LogP contribution in [0.25, 0.3) is 87.8 Å². The van der Waals surface area contributed by atoms with Crippen LogP contribution >= 0.6 is 0 Å². The van der Waals surface area contributed by atoms with Gasteiger partial charge in [0.1, 0.15) is 0 Å². The van der Waals surface area contributed by atoms with Crippen LogP contribution in [0.1, 0.15) is 25.0 Å². The lowest BCUT2D eigenvalue weighted by Crippen LogP contribution is -2.25. The summed E-state index contributed by atoms with van der Waals surface area (Å²) in [4.78, 5) is 21.8. The van der Waals surface area contributed by atoms with Gasteiger partial charge in [0.25, 0.3) is 0 Å². The van der Waals surface area contributed by atoms with Crippen LogP contribution in [0.5, 0.6) is 0 Å². The second kappa shape index (κ2) is 13.6. The molecule has 0 unspecified atom stereocenters. The molecule has 10 aromatic carbocycles. The van der Waals surface area contributed by atoms with Gasteiger partial charge < -0.3 is 4.90 Å². The first-order valence-electron chi connectivity index (χ1n) is 21.9. The first-order chi connectivity index (χ1) is 31.4. The molecule has 0 bridgehead atoms. The molecular weight excluding hydrogens is 781 g/mol. The molecule has 13 rings (SSSR count). The minimum absolute atomic E-state index is 0.145. The molecule has 0 atom stereocenters. The molecule has 302 valence electrons. The quantitative estimate of drug-likeness (QED) is 0.162. The van der Waals surface area contributed by atoms with Crippen LogP contribution in [0.4, 0.5) is 17.1 Å². The van der Waals surface area contributed by atoms with Gasteiger partial charge in [-0.2, -0.15) is 0 Å². The molecule has 12 aromatic rings. The molecule has 0 N–H and O–H groups in total. The number of benzene rings is 10. The fourth-order valence-corrected chi connectivity index (χ4v) is 10.7. The van der Waals surface area contributed by atoms with Crippen molar-refractivity contribution in [3.05, 3.63) is 228 Å². The number of nitrogens with zero attached hydrogens (tertiary/aromatic N) is 4. The molecular formula is C59H40N4O. The van der Waals surface area contributed by atoms with Gasteiger partial charge in [-0.1, -0.05) is 153 Å². The second-order valence-electron chi connectivity index (χ2n) is 17.5. The lowest BCUT2D eigenvalue weighted by Gasteiger charge is -2.29. The predicted molar refractivity (Wildman–Crippen MR) is 266 cm³/mol. The monoisotopic (exact) mass is 820 g/mol. The summed E-state index contributed by atoms with van der Waals surface area (Å²) in [7, 11) is 0. The first kappa shape index (κ1) is 36.4. The molecule has 0 amide bonds. The lowest BCUT2D eigenvalue weighted by molar-refractivity contribution is 0.660. The maximum Gasteiger partial charge on any atom is 0.339 e. The molecule has 0 radical (unpaired) electrons. The van der Waals surface area contributed by atoms with E-state index in [1.165, 1.54) is 54.6 Å². The first-order valence-corrected chi connectivity index (χ1v) is 21.9. The molecule has 0 spiro atoms. The third-order valence-electron chi connectivity index (χ3n) is 13.7. The van der Waals surface area contributed by atoms with Crippen molar-refractivity contribution in [1.29, 1.82) is 0 Å². The molecule has 0 saturated carbocycles. The van der Waals surface area contributed by atoms with Crippen molar-refractivity contribution >= 4 is 77.0 Å². The SMILES string of the molecule is CC1(C)c2ccccc2-c2c(N(c3ccc(-c4ccc5c(c4)c4nc6ccccc6n4c(=O)n5-c4ccccc4)cc3)c3ccc4c5ccccc5c5ccccc5c4c3)cccc21. The summed E-state index contributed by atoms with van der Waals surface area (Å²) in [5.74, 6) is 0. The zero-order chi connectivity index (χ0) is 42.7. The number of para-hydroxylation sites is 3. The highest BCUT2D eigenvalue weighted by Gasteiger charge is 2.37. The largest absolute Gasteiger partial charge is 0.339 e. The van der Waals surface area contributed by atoms with E-state index in [9.17, 15) is 4.79 Å². The Morgan fingerprint density at radius 3 is 1.84 bits per heavy atom. The smallest absolute Gasteiger partial charge is 0.310 e. The predicted octanol–water partition coefficient (Wildman–Crippen LogP) is 14.7. The molecule has 2 aromatic heterocycles. The molecule has 64 heavy (non-hydrogen) atoms. The van der Waals surface area contributed by atoms with Crippen LogP contribution in [-0.2, 0) is 5.41 Å². The van der Waals surface area contributed by atoms with Gasteiger partial charge in [-0.15, -0.1) is 0 Å². The second-order valence-corrected chi connectivity index (χ2v) is 17.5. The van der Waals surface area contributed by atoms with E-state index in [2.05, 4.69) is 170 Å². The number of anilines is 3. The van der Waals surface area contributed by atoms with Gasteiger partial charge in [0.15, 0.2) is 5.65 Å². The van der Waals surface area contributed by atoms with E-state index < -0.39 is 0 Å². The van der Waals surface area contributed by atoms with Crippen molar-refractivity contribution < 1.29 is 0 Å². The Kier molecular flexibility index (Phi) is 7.74. The molecule has 2 heterocycles. The van der Waals surface area contributed by atoms with Crippen LogP contribution < -0.4 is 10.6 Å². The molecule has 1 aliphatic carbocycles. The highest BCUT2D eigenvalue weighted by molar-refractivity contribution is 6.26. The number of aromatic nitrogens is 3. The van der Waals surface area contributed by atoms with Gasteiger partial charge >= 0.3 is 5.69 Å². The average Bonchev–Trinajstić information content (AvgIpc) is 3.86. The highest BCUT2D eigenvalue weighted by atomic mass is 16.1. The summed E-state index contributed by atoms with van der Waals surface area (Å²) in [6.45, 7) is 4.69. The topological polar surface area (TPSA) is 42.5 Å². The summed E-state index contributed by atoms with van der Waals surface area (Å²) in [6.07, 6.45) is 0. The van der Waals surface area contributed by atoms with Crippen molar-refractivity contribution in [3.63, 3.8) is 0 Å². The fourth-order valence-electron chi connectivity index (χ4n) is 10.7. The van der Waals surface area contributed by atoms with Gasteiger partial charge in [0.2, 0.25) is 0 Å². The zero-order valence-corrected chi connectivity index (χ0v) is 35.3. The van der Waals surface area contributed by atoms with Crippen LogP contribution in [0, 0.1) is 0 Å². The van der Waals surface area contributed by atoms with E-state index in [1.807, 2.05) is 54.6 Å². The Balaban J connectivity index is 1.02. The van der Waals surface area contributed by atoms with E-state index in [4.69, 9.17) is 4.98 Å². The summed E-state index contributed by atoms with van der Waals surface area (Å²) in [6, 6.07) is 73.3. The van der Waals surface area contributed by atoms with Crippen LogP contribution in [0.2, 0.25) is 0 Å². The van der Waals surface area contributed by atoms with E-state index in [1.54, 1.807) is 8.97 Å². The Hall–Kier alpha value is -8.28. The summed E-state index contributed by atoms with van der Waals surface area (Å²) in [5.41, 5.74) is 14.2. The van der Waals surface area contributed by atoms with Crippen molar-refractivity contribution in [2.24, 2.45) is 0 Å². The van der Waals surface area contributed by atoms with E-state index in [-0.39, 0.29) is 11.1 Å². The van der Waals surface area contributed by atoms with Crippen LogP contribution in [-0.4, -0.2) is 14.0 Å². The van der Waals surface area contributed by atoms with Gasteiger partial charge in [0, 0.05) is 27.7 Å². The number of rotatable bonds is 5. The van der Waals surface area contributed by atoms with Gasteiger partial charge in [-0.05, 0) is 127 Å². The number of hydrogen-bond donors (Lipinski definition) is 0. The van der Waals surface area contributed by atoms with Crippen molar-refractivity contribution in [3.8, 4) is 27.9 Å². The Bertz CT molecular complexity index is 3920. The Morgan fingerprint density at radius 1 is 0.469 bits per heavy atom. The van der Waals surface area contributed by atoms with E-state index in [0.717, 1.165) is 55.8 Å². The third kappa shape index (κ3) is 5.18. The highest BCUT2D eigenvalue weighted by Crippen LogP contribution is 2.54. The summed E-state index contributed by atoms with van der Waals surface area (Å²) < 4.78 is 3.55. The third-order valence-corrected chi connectivity index (χ3v) is 13.7. The van der Waals surface area contributed by atoms with Crippen LogP contribution in [0.3, 0.4) is 0 Å². The molecule has 5 nitrogen and oxygen atoms in total. The minimum Gasteiger partial charge on any atom is -0.310 e. The number of imidazole rings is 1. The zero-order valence-electron chi connectivity index (χ0n) is 35.3. The number of hydrogen-bond acceptors (Lipinski definition) is 3. The fraction of sp³-hybridized carbons (Fsp3) is 0.0508.